The van der Waals surface area contributed by atoms with Crippen LogP contribution in [0.15, 0.2) is 0 Å². The first-order valence-corrected chi connectivity index (χ1v) is 8.51. The molecule has 0 aromatic carbocycles. The third-order valence-electron chi connectivity index (χ3n) is 5.20. The van der Waals surface area contributed by atoms with Gasteiger partial charge < -0.3 is 14.4 Å². The molecule has 5 heteroatoms. The number of ether oxygens (including phenoxy) is 2. The van der Waals surface area contributed by atoms with E-state index in [0.29, 0.717) is 19.1 Å². The normalized spacial score (nSPS) is 28.5. The Kier molecular flexibility index (Phi) is 4.82. The van der Waals surface area contributed by atoms with Crippen molar-refractivity contribution >= 4 is 5.91 Å². The summed E-state index contributed by atoms with van der Waals surface area (Å²) >= 11 is 0. The standard InChI is InChI=1S/C16H28N2O3/c1-14(15(19)18-8-4-2-3-5-9-18)17-10-6-16(7-11-17)20-12-13-21-16/h14H,2-13H2,1H3. The molecule has 3 saturated heterocycles. The third-order valence-corrected chi connectivity index (χ3v) is 5.20. The number of amides is 1. The Balaban J connectivity index is 1.53. The van der Waals surface area contributed by atoms with E-state index in [1.165, 1.54) is 12.8 Å². The maximum Gasteiger partial charge on any atom is 0.239 e. The fraction of sp³-hybridized carbons (Fsp3) is 0.938. The second kappa shape index (κ2) is 6.63. The van der Waals surface area contributed by atoms with Gasteiger partial charge in [0, 0.05) is 39.0 Å². The predicted molar refractivity (Wildman–Crippen MR) is 80.0 cm³/mol. The lowest BCUT2D eigenvalue weighted by molar-refractivity contribution is -0.189. The lowest BCUT2D eigenvalue weighted by atomic mass is 10.0. The molecule has 5 nitrogen and oxygen atoms in total. The minimum atomic E-state index is -0.345. The van der Waals surface area contributed by atoms with E-state index in [0.717, 1.165) is 51.9 Å². The summed E-state index contributed by atoms with van der Waals surface area (Å²) < 4.78 is 11.5. The maximum atomic E-state index is 12.7. The molecule has 3 aliphatic rings. The van der Waals surface area contributed by atoms with E-state index < -0.39 is 0 Å². The molecule has 120 valence electrons. The van der Waals surface area contributed by atoms with Crippen LogP contribution in [-0.4, -0.2) is 66.9 Å². The highest BCUT2D eigenvalue weighted by Gasteiger charge is 2.41. The summed E-state index contributed by atoms with van der Waals surface area (Å²) in [4.78, 5) is 17.1. The molecule has 1 unspecified atom stereocenters. The van der Waals surface area contributed by atoms with Gasteiger partial charge in [-0.25, -0.2) is 0 Å². The number of carbonyl (C=O) groups excluding carboxylic acids is 1. The van der Waals surface area contributed by atoms with E-state index in [4.69, 9.17) is 9.47 Å². The first kappa shape index (κ1) is 15.3. The van der Waals surface area contributed by atoms with Crippen LogP contribution in [0, 0.1) is 0 Å². The van der Waals surface area contributed by atoms with Crippen LogP contribution < -0.4 is 0 Å². The van der Waals surface area contributed by atoms with Gasteiger partial charge in [-0.1, -0.05) is 12.8 Å². The number of hydrogen-bond acceptors (Lipinski definition) is 4. The van der Waals surface area contributed by atoms with E-state index in [2.05, 4.69) is 16.7 Å². The van der Waals surface area contributed by atoms with Crippen LogP contribution in [-0.2, 0) is 14.3 Å². The van der Waals surface area contributed by atoms with Gasteiger partial charge in [0.05, 0.1) is 19.3 Å². The van der Waals surface area contributed by atoms with E-state index in [1.54, 1.807) is 0 Å². The Morgan fingerprint density at radius 2 is 1.52 bits per heavy atom. The zero-order valence-corrected chi connectivity index (χ0v) is 13.2. The molecule has 21 heavy (non-hydrogen) atoms. The number of nitrogens with zero attached hydrogens (tertiary/aromatic N) is 2. The number of piperidine rings is 1. The fourth-order valence-corrected chi connectivity index (χ4v) is 3.75. The molecule has 1 atom stereocenters. The van der Waals surface area contributed by atoms with Gasteiger partial charge in [0.25, 0.3) is 0 Å². The van der Waals surface area contributed by atoms with Crippen molar-refractivity contribution in [3.8, 4) is 0 Å². The van der Waals surface area contributed by atoms with Crippen molar-refractivity contribution in [3.63, 3.8) is 0 Å². The van der Waals surface area contributed by atoms with Gasteiger partial charge in [-0.15, -0.1) is 0 Å². The smallest absolute Gasteiger partial charge is 0.239 e. The van der Waals surface area contributed by atoms with Crippen LogP contribution in [0.4, 0.5) is 0 Å². The molecule has 3 aliphatic heterocycles. The molecule has 0 N–H and O–H groups in total. The molecule has 0 aliphatic carbocycles. The minimum Gasteiger partial charge on any atom is -0.347 e. The van der Waals surface area contributed by atoms with Gasteiger partial charge in [0.2, 0.25) is 5.91 Å². The van der Waals surface area contributed by atoms with Crippen LogP contribution in [0.2, 0.25) is 0 Å². The zero-order valence-electron chi connectivity index (χ0n) is 13.2. The molecule has 0 radical (unpaired) electrons. The summed E-state index contributed by atoms with van der Waals surface area (Å²) in [6, 6.07) is -0.0122. The molecule has 0 aromatic heterocycles. The molecular weight excluding hydrogens is 268 g/mol. The average molecular weight is 296 g/mol. The van der Waals surface area contributed by atoms with E-state index in [1.807, 2.05) is 0 Å². The van der Waals surface area contributed by atoms with Crippen LogP contribution in [0.3, 0.4) is 0 Å². The molecule has 3 fully saturated rings. The summed E-state index contributed by atoms with van der Waals surface area (Å²) in [6.45, 7) is 7.13. The number of carbonyl (C=O) groups is 1. The summed E-state index contributed by atoms with van der Waals surface area (Å²) in [7, 11) is 0. The van der Waals surface area contributed by atoms with Gasteiger partial charge >= 0.3 is 0 Å². The SMILES string of the molecule is CC(C(=O)N1CCCCCC1)N1CCC2(CC1)OCCO2. The molecule has 1 spiro atoms. The number of rotatable bonds is 2. The Morgan fingerprint density at radius 1 is 0.952 bits per heavy atom. The summed E-state index contributed by atoms with van der Waals surface area (Å²) in [5, 5.41) is 0. The summed E-state index contributed by atoms with van der Waals surface area (Å²) in [5.74, 6) is -0.0388. The Bertz CT molecular complexity index is 351. The topological polar surface area (TPSA) is 42.0 Å². The van der Waals surface area contributed by atoms with Crippen LogP contribution in [0.25, 0.3) is 0 Å². The molecule has 0 bridgehead atoms. The fourth-order valence-electron chi connectivity index (χ4n) is 3.75. The predicted octanol–water partition coefficient (Wildman–Crippen LogP) is 1.62. The molecule has 3 rings (SSSR count). The summed E-state index contributed by atoms with van der Waals surface area (Å²) in [5.41, 5.74) is 0. The van der Waals surface area contributed by atoms with Gasteiger partial charge in [-0.3, -0.25) is 9.69 Å². The number of hydrogen-bond donors (Lipinski definition) is 0. The third kappa shape index (κ3) is 3.41. The zero-order chi connectivity index (χ0) is 14.7. The van der Waals surface area contributed by atoms with Crippen LogP contribution in [0.5, 0.6) is 0 Å². The van der Waals surface area contributed by atoms with Gasteiger partial charge in [0.1, 0.15) is 0 Å². The highest BCUT2D eigenvalue weighted by Crippen LogP contribution is 2.32. The monoisotopic (exact) mass is 296 g/mol. The van der Waals surface area contributed by atoms with Gasteiger partial charge in [-0.05, 0) is 19.8 Å². The lowest BCUT2D eigenvalue weighted by Crippen LogP contribution is -2.53. The quantitative estimate of drug-likeness (QED) is 0.776. The van der Waals surface area contributed by atoms with Gasteiger partial charge in [0.15, 0.2) is 5.79 Å². The molecule has 1 amide bonds. The highest BCUT2D eigenvalue weighted by molar-refractivity contribution is 5.81. The second-order valence-electron chi connectivity index (χ2n) is 6.56. The van der Waals surface area contributed by atoms with E-state index in [9.17, 15) is 4.79 Å². The average Bonchev–Trinajstić information content (AvgIpc) is 2.79. The van der Waals surface area contributed by atoms with Crippen molar-refractivity contribution in [2.45, 2.75) is 57.3 Å². The molecule has 3 heterocycles. The van der Waals surface area contributed by atoms with E-state index >= 15 is 0 Å². The van der Waals surface area contributed by atoms with Gasteiger partial charge in [-0.2, -0.15) is 0 Å². The van der Waals surface area contributed by atoms with Crippen LogP contribution in [0.1, 0.15) is 45.4 Å². The Morgan fingerprint density at radius 3 is 2.10 bits per heavy atom. The lowest BCUT2D eigenvalue weighted by Gasteiger charge is -2.40. The molecular formula is C16H28N2O3. The first-order valence-electron chi connectivity index (χ1n) is 8.51. The van der Waals surface area contributed by atoms with Crippen LogP contribution >= 0.6 is 0 Å². The first-order chi connectivity index (χ1) is 10.2. The van der Waals surface area contributed by atoms with Crippen molar-refractivity contribution in [3.05, 3.63) is 0 Å². The Labute approximate surface area is 127 Å². The second-order valence-corrected chi connectivity index (χ2v) is 6.56. The number of likely N-dealkylation sites (tertiary alicyclic amines) is 2. The highest BCUT2D eigenvalue weighted by atomic mass is 16.7. The molecule has 0 saturated carbocycles. The Hall–Kier alpha value is -0.650. The summed E-state index contributed by atoms with van der Waals surface area (Å²) in [6.07, 6.45) is 6.60. The van der Waals surface area contributed by atoms with Crippen molar-refractivity contribution in [2.75, 3.05) is 39.4 Å². The van der Waals surface area contributed by atoms with Crippen molar-refractivity contribution in [1.29, 1.82) is 0 Å². The largest absolute Gasteiger partial charge is 0.347 e. The van der Waals surface area contributed by atoms with Crippen molar-refractivity contribution in [1.82, 2.24) is 9.80 Å². The maximum absolute atomic E-state index is 12.7. The van der Waals surface area contributed by atoms with Crippen molar-refractivity contribution in [2.24, 2.45) is 0 Å². The molecule has 0 aromatic rings. The van der Waals surface area contributed by atoms with E-state index in [-0.39, 0.29) is 11.8 Å². The minimum absolute atomic E-state index is 0.0122. The van der Waals surface area contributed by atoms with Crippen molar-refractivity contribution < 1.29 is 14.3 Å².